The van der Waals surface area contributed by atoms with Crippen molar-refractivity contribution in [1.29, 1.82) is 0 Å². The molecular weight excluding hydrogens is 206 g/mol. The highest BCUT2D eigenvalue weighted by Gasteiger charge is 2.25. The number of aromatic nitrogens is 1. The van der Waals surface area contributed by atoms with E-state index in [1.54, 1.807) is 11.3 Å². The van der Waals surface area contributed by atoms with Crippen LogP contribution in [-0.4, -0.2) is 18.1 Å². The Labute approximate surface area is 96.3 Å². The third kappa shape index (κ3) is 2.92. The molecule has 86 valence electrons. The molecule has 1 atom stereocenters. The normalized spacial score (nSPS) is 14.0. The SMILES string of the molecule is CC(N(C)c1nc(CN)cs1)C(C)(C)C. The molecule has 0 bridgehead atoms. The minimum atomic E-state index is 0.253. The van der Waals surface area contributed by atoms with Gasteiger partial charge < -0.3 is 10.6 Å². The topological polar surface area (TPSA) is 42.2 Å². The van der Waals surface area contributed by atoms with E-state index in [1.807, 2.05) is 5.38 Å². The van der Waals surface area contributed by atoms with Crippen molar-refractivity contribution in [2.75, 3.05) is 11.9 Å². The first-order valence-electron chi connectivity index (χ1n) is 5.23. The number of thiazole rings is 1. The van der Waals surface area contributed by atoms with Crippen LogP contribution < -0.4 is 10.6 Å². The molecule has 2 N–H and O–H groups in total. The van der Waals surface area contributed by atoms with Crippen LogP contribution in [0.5, 0.6) is 0 Å². The lowest BCUT2D eigenvalue weighted by Crippen LogP contribution is -2.39. The molecule has 0 radical (unpaired) electrons. The van der Waals surface area contributed by atoms with Gasteiger partial charge >= 0.3 is 0 Å². The van der Waals surface area contributed by atoms with Gasteiger partial charge in [0.25, 0.3) is 0 Å². The summed E-state index contributed by atoms with van der Waals surface area (Å²) in [5.41, 5.74) is 6.78. The van der Waals surface area contributed by atoms with E-state index in [0.29, 0.717) is 12.6 Å². The van der Waals surface area contributed by atoms with Gasteiger partial charge in [-0.3, -0.25) is 0 Å². The number of hydrogen-bond acceptors (Lipinski definition) is 4. The second kappa shape index (κ2) is 4.49. The van der Waals surface area contributed by atoms with E-state index >= 15 is 0 Å². The van der Waals surface area contributed by atoms with Crippen LogP contribution in [0.1, 0.15) is 33.4 Å². The van der Waals surface area contributed by atoms with E-state index in [9.17, 15) is 0 Å². The molecular formula is C11H21N3S. The molecule has 0 saturated heterocycles. The van der Waals surface area contributed by atoms with Crippen LogP contribution in [0.15, 0.2) is 5.38 Å². The minimum absolute atomic E-state index is 0.253. The maximum atomic E-state index is 5.55. The predicted octanol–water partition coefficient (Wildman–Crippen LogP) is 2.47. The molecule has 0 aromatic carbocycles. The Balaban J connectivity index is 2.80. The zero-order valence-corrected chi connectivity index (χ0v) is 11.1. The Morgan fingerprint density at radius 2 is 2.13 bits per heavy atom. The molecule has 1 rings (SSSR count). The highest BCUT2D eigenvalue weighted by atomic mass is 32.1. The molecule has 0 amide bonds. The summed E-state index contributed by atoms with van der Waals surface area (Å²) in [5.74, 6) is 0. The molecule has 0 saturated carbocycles. The smallest absolute Gasteiger partial charge is 0.185 e. The predicted molar refractivity (Wildman–Crippen MR) is 67.3 cm³/mol. The number of hydrogen-bond donors (Lipinski definition) is 1. The Kier molecular flexibility index (Phi) is 3.73. The first-order chi connectivity index (χ1) is 6.86. The van der Waals surface area contributed by atoms with E-state index in [0.717, 1.165) is 10.8 Å². The van der Waals surface area contributed by atoms with Crippen molar-refractivity contribution in [3.05, 3.63) is 11.1 Å². The van der Waals surface area contributed by atoms with Crippen molar-refractivity contribution in [2.24, 2.45) is 11.1 Å². The van der Waals surface area contributed by atoms with Crippen molar-refractivity contribution in [2.45, 2.75) is 40.3 Å². The fourth-order valence-electron chi connectivity index (χ4n) is 1.30. The van der Waals surface area contributed by atoms with Gasteiger partial charge in [-0.25, -0.2) is 4.98 Å². The number of nitrogens with two attached hydrogens (primary N) is 1. The fourth-order valence-corrected chi connectivity index (χ4v) is 2.18. The first kappa shape index (κ1) is 12.5. The lowest BCUT2D eigenvalue weighted by molar-refractivity contribution is 0.329. The minimum Gasteiger partial charge on any atom is -0.348 e. The van der Waals surface area contributed by atoms with Crippen LogP contribution in [-0.2, 0) is 6.54 Å². The van der Waals surface area contributed by atoms with Crippen LogP contribution in [0.2, 0.25) is 0 Å². The second-order valence-corrected chi connectivity index (χ2v) is 5.81. The van der Waals surface area contributed by atoms with Crippen molar-refractivity contribution < 1.29 is 0 Å². The second-order valence-electron chi connectivity index (χ2n) is 4.98. The summed E-state index contributed by atoms with van der Waals surface area (Å²) in [6.07, 6.45) is 0. The summed E-state index contributed by atoms with van der Waals surface area (Å²) in [5, 5.41) is 3.08. The summed E-state index contributed by atoms with van der Waals surface area (Å²) in [6, 6.07) is 0.453. The van der Waals surface area contributed by atoms with Gasteiger partial charge in [-0.05, 0) is 12.3 Å². The molecule has 0 aliphatic rings. The van der Waals surface area contributed by atoms with Gasteiger partial charge in [0.05, 0.1) is 5.69 Å². The summed E-state index contributed by atoms with van der Waals surface area (Å²) in [7, 11) is 2.09. The monoisotopic (exact) mass is 227 g/mol. The van der Waals surface area contributed by atoms with Crippen LogP contribution in [0.3, 0.4) is 0 Å². The van der Waals surface area contributed by atoms with Gasteiger partial charge in [0.2, 0.25) is 0 Å². The third-order valence-electron chi connectivity index (χ3n) is 2.88. The summed E-state index contributed by atoms with van der Waals surface area (Å²) >= 11 is 1.66. The van der Waals surface area contributed by atoms with E-state index in [1.165, 1.54) is 0 Å². The molecule has 1 aromatic heterocycles. The number of rotatable bonds is 3. The average molecular weight is 227 g/mol. The largest absolute Gasteiger partial charge is 0.348 e. The molecule has 0 fully saturated rings. The Morgan fingerprint density at radius 1 is 1.53 bits per heavy atom. The van der Waals surface area contributed by atoms with E-state index < -0.39 is 0 Å². The average Bonchev–Trinajstić information content (AvgIpc) is 2.62. The van der Waals surface area contributed by atoms with Gasteiger partial charge in [-0.1, -0.05) is 20.8 Å². The van der Waals surface area contributed by atoms with Crippen LogP contribution in [0.25, 0.3) is 0 Å². The van der Waals surface area contributed by atoms with Crippen molar-refractivity contribution in [3.63, 3.8) is 0 Å². The van der Waals surface area contributed by atoms with Gasteiger partial charge in [0, 0.05) is 25.0 Å². The lowest BCUT2D eigenvalue weighted by atomic mass is 9.87. The summed E-state index contributed by atoms with van der Waals surface area (Å²) in [4.78, 5) is 6.71. The third-order valence-corrected chi connectivity index (χ3v) is 3.86. The zero-order chi connectivity index (χ0) is 11.6. The number of anilines is 1. The van der Waals surface area contributed by atoms with E-state index in [-0.39, 0.29) is 5.41 Å². The van der Waals surface area contributed by atoms with Crippen molar-refractivity contribution in [3.8, 4) is 0 Å². The molecule has 1 aromatic rings. The lowest BCUT2D eigenvalue weighted by Gasteiger charge is -2.35. The fraction of sp³-hybridized carbons (Fsp3) is 0.727. The number of nitrogens with zero attached hydrogens (tertiary/aromatic N) is 2. The maximum Gasteiger partial charge on any atom is 0.185 e. The van der Waals surface area contributed by atoms with Gasteiger partial charge in [0.1, 0.15) is 0 Å². The molecule has 0 aliphatic carbocycles. The molecule has 1 heterocycles. The van der Waals surface area contributed by atoms with Crippen LogP contribution in [0, 0.1) is 5.41 Å². The van der Waals surface area contributed by atoms with E-state index in [4.69, 9.17) is 5.73 Å². The molecule has 1 unspecified atom stereocenters. The zero-order valence-electron chi connectivity index (χ0n) is 10.2. The molecule has 4 heteroatoms. The Bertz CT molecular complexity index is 314. The molecule has 0 spiro atoms. The molecule has 0 aliphatic heterocycles. The quantitative estimate of drug-likeness (QED) is 0.862. The van der Waals surface area contributed by atoms with Crippen LogP contribution in [0.4, 0.5) is 5.13 Å². The highest BCUT2D eigenvalue weighted by molar-refractivity contribution is 7.13. The van der Waals surface area contributed by atoms with Crippen molar-refractivity contribution in [1.82, 2.24) is 4.98 Å². The van der Waals surface area contributed by atoms with Gasteiger partial charge in [-0.2, -0.15) is 0 Å². The van der Waals surface area contributed by atoms with Crippen LogP contribution >= 0.6 is 11.3 Å². The Morgan fingerprint density at radius 3 is 2.53 bits per heavy atom. The van der Waals surface area contributed by atoms with E-state index in [2.05, 4.69) is 44.6 Å². The summed E-state index contributed by atoms with van der Waals surface area (Å²) in [6.45, 7) is 9.47. The summed E-state index contributed by atoms with van der Waals surface area (Å²) < 4.78 is 0. The van der Waals surface area contributed by atoms with Gasteiger partial charge in [-0.15, -0.1) is 11.3 Å². The Hall–Kier alpha value is -0.610. The first-order valence-corrected chi connectivity index (χ1v) is 6.11. The molecule has 15 heavy (non-hydrogen) atoms. The maximum absolute atomic E-state index is 5.55. The molecule has 3 nitrogen and oxygen atoms in total. The van der Waals surface area contributed by atoms with Crippen molar-refractivity contribution >= 4 is 16.5 Å². The van der Waals surface area contributed by atoms with Gasteiger partial charge in [0.15, 0.2) is 5.13 Å². The standard InChI is InChI=1S/C11H21N3S/c1-8(11(2,3)4)14(5)10-13-9(6-12)7-15-10/h7-8H,6,12H2,1-5H3. The highest BCUT2D eigenvalue weighted by Crippen LogP contribution is 2.29.